The molecule has 1 unspecified atom stereocenters. The standard InChI is InChI=1S/C18H13F3N2O4S/c19-18(20,21)28(25)16-4-2-1-3-12(16)10-26-13-7-5-11(6-8-13)14-9-15(17(22)24)27-23-14/h1-9H,10H2,(H2,22,24). The van der Waals surface area contributed by atoms with Crippen LogP contribution in [0, 0.1) is 0 Å². The van der Waals surface area contributed by atoms with E-state index in [4.69, 9.17) is 15.0 Å². The molecule has 0 bridgehead atoms. The van der Waals surface area contributed by atoms with Gasteiger partial charge in [-0.25, -0.2) is 0 Å². The molecule has 0 radical (unpaired) electrons. The van der Waals surface area contributed by atoms with Crippen molar-refractivity contribution in [3.63, 3.8) is 0 Å². The average molecular weight is 410 g/mol. The molecule has 1 heterocycles. The topological polar surface area (TPSA) is 101 Å². The second kappa shape index (κ2) is 7.95. The van der Waals surface area contributed by atoms with E-state index in [9.17, 15) is 22.5 Å². The van der Waals surface area contributed by atoms with E-state index < -0.39 is 22.6 Å². The number of ether oxygens (including phenoxy) is 1. The van der Waals surface area contributed by atoms with Gasteiger partial charge in [0.2, 0.25) is 5.76 Å². The number of nitrogens with zero attached hydrogens (tertiary/aromatic N) is 1. The van der Waals surface area contributed by atoms with E-state index in [0.717, 1.165) is 6.07 Å². The van der Waals surface area contributed by atoms with E-state index >= 15 is 0 Å². The molecule has 0 saturated carbocycles. The lowest BCUT2D eigenvalue weighted by molar-refractivity contribution is -0.0436. The average Bonchev–Trinajstić information content (AvgIpc) is 3.16. The summed E-state index contributed by atoms with van der Waals surface area (Å²) in [6.45, 7) is -0.187. The Morgan fingerprint density at radius 3 is 2.46 bits per heavy atom. The summed E-state index contributed by atoms with van der Waals surface area (Å²) in [6.07, 6.45) is 0. The molecule has 28 heavy (non-hydrogen) atoms. The van der Waals surface area contributed by atoms with Gasteiger partial charge in [-0.1, -0.05) is 23.4 Å². The van der Waals surface area contributed by atoms with Gasteiger partial charge in [0.25, 0.3) is 5.91 Å². The Labute approximate surface area is 160 Å². The second-order valence-corrected chi connectivity index (χ2v) is 7.02. The van der Waals surface area contributed by atoms with Gasteiger partial charge in [0, 0.05) is 17.2 Å². The summed E-state index contributed by atoms with van der Waals surface area (Å²) in [4.78, 5) is 10.7. The highest BCUT2D eigenvalue weighted by molar-refractivity contribution is 7.92. The highest BCUT2D eigenvalue weighted by Gasteiger charge is 2.47. The van der Waals surface area contributed by atoms with Gasteiger partial charge in [0.1, 0.15) is 18.1 Å². The number of hydrogen-bond donors (Lipinski definition) is 1. The number of amides is 1. The third-order valence-electron chi connectivity index (χ3n) is 3.68. The predicted molar refractivity (Wildman–Crippen MR) is 93.7 cm³/mol. The molecule has 6 nitrogen and oxygen atoms in total. The lowest BCUT2D eigenvalue weighted by Gasteiger charge is -2.15. The van der Waals surface area contributed by atoms with Gasteiger partial charge in [0.05, 0.1) is 11.2 Å². The fourth-order valence-corrected chi connectivity index (χ4v) is 3.16. The molecule has 1 atom stereocenters. The molecule has 0 fully saturated rings. The Balaban J connectivity index is 1.71. The first-order chi connectivity index (χ1) is 13.3. The monoisotopic (exact) mass is 410 g/mol. The van der Waals surface area contributed by atoms with Crippen molar-refractivity contribution in [3.8, 4) is 17.0 Å². The van der Waals surface area contributed by atoms with Crippen molar-refractivity contribution >= 4 is 17.1 Å². The molecular formula is C18H13F3N2O4S. The minimum Gasteiger partial charge on any atom is -0.604 e. The molecule has 1 aromatic heterocycles. The smallest absolute Gasteiger partial charge is 0.578 e. The number of nitrogens with two attached hydrogens (primary N) is 1. The maximum atomic E-state index is 12.8. The Morgan fingerprint density at radius 2 is 1.86 bits per heavy atom. The van der Waals surface area contributed by atoms with Gasteiger partial charge < -0.3 is 19.5 Å². The molecule has 3 aromatic rings. The zero-order valence-corrected chi connectivity index (χ0v) is 14.9. The molecule has 0 aliphatic carbocycles. The lowest BCUT2D eigenvalue weighted by Crippen LogP contribution is -2.24. The van der Waals surface area contributed by atoms with Crippen LogP contribution in [-0.4, -0.2) is 21.1 Å². The van der Waals surface area contributed by atoms with Crippen LogP contribution in [0.4, 0.5) is 13.2 Å². The van der Waals surface area contributed by atoms with E-state index in [2.05, 4.69) is 5.16 Å². The lowest BCUT2D eigenvalue weighted by atomic mass is 10.1. The van der Waals surface area contributed by atoms with Crippen LogP contribution in [-0.2, 0) is 17.8 Å². The predicted octanol–water partition coefficient (Wildman–Crippen LogP) is 3.65. The Kier molecular flexibility index (Phi) is 5.61. The molecule has 2 aromatic carbocycles. The van der Waals surface area contributed by atoms with Crippen LogP contribution < -0.4 is 10.5 Å². The first kappa shape index (κ1) is 19.8. The first-order valence-electron chi connectivity index (χ1n) is 7.82. The van der Waals surface area contributed by atoms with Gasteiger partial charge in [-0.2, -0.15) is 0 Å². The molecule has 1 amide bonds. The van der Waals surface area contributed by atoms with Gasteiger partial charge in [-0.15, -0.1) is 13.2 Å². The number of carbonyl (C=O) groups excluding carboxylic acids is 1. The van der Waals surface area contributed by atoms with Crippen LogP contribution in [0.25, 0.3) is 11.3 Å². The molecular weight excluding hydrogens is 397 g/mol. The quantitative estimate of drug-likeness (QED) is 0.625. The van der Waals surface area contributed by atoms with Crippen molar-refractivity contribution < 1.29 is 31.8 Å². The summed E-state index contributed by atoms with van der Waals surface area (Å²) in [5.74, 6) is -0.437. The first-order valence-corrected chi connectivity index (χ1v) is 8.97. The van der Waals surface area contributed by atoms with Crippen LogP contribution >= 0.6 is 0 Å². The Bertz CT molecular complexity index is 973. The molecule has 0 aliphatic rings. The van der Waals surface area contributed by atoms with E-state index in [0.29, 0.717) is 17.0 Å². The zero-order chi connectivity index (χ0) is 20.3. The number of carbonyl (C=O) groups is 1. The summed E-state index contributed by atoms with van der Waals surface area (Å²) >= 11 is -3.14. The summed E-state index contributed by atoms with van der Waals surface area (Å²) in [6, 6.07) is 13.3. The minimum atomic E-state index is -4.85. The second-order valence-electron chi connectivity index (χ2n) is 5.58. The number of rotatable bonds is 6. The number of halogens is 3. The molecule has 0 aliphatic heterocycles. The van der Waals surface area contributed by atoms with Crippen molar-refractivity contribution in [1.82, 2.24) is 5.16 Å². The fraction of sp³-hybridized carbons (Fsp3) is 0.111. The minimum absolute atomic E-state index is 0.0791. The van der Waals surface area contributed by atoms with Gasteiger partial charge in [-0.05, 0) is 30.3 Å². The molecule has 146 valence electrons. The van der Waals surface area contributed by atoms with Crippen molar-refractivity contribution in [2.24, 2.45) is 5.73 Å². The third-order valence-corrected chi connectivity index (χ3v) is 4.90. The highest BCUT2D eigenvalue weighted by atomic mass is 32.2. The third kappa shape index (κ3) is 4.46. The van der Waals surface area contributed by atoms with Crippen molar-refractivity contribution in [2.75, 3.05) is 0 Å². The van der Waals surface area contributed by atoms with Crippen molar-refractivity contribution in [1.29, 1.82) is 0 Å². The zero-order valence-electron chi connectivity index (χ0n) is 14.1. The molecule has 3 rings (SSSR count). The number of hydrogen-bond acceptors (Lipinski definition) is 5. The summed E-state index contributed by atoms with van der Waals surface area (Å²) in [7, 11) is 0. The van der Waals surface area contributed by atoms with Crippen LogP contribution in [0.5, 0.6) is 5.75 Å². The van der Waals surface area contributed by atoms with Gasteiger partial charge in [-0.3, -0.25) is 4.79 Å². The van der Waals surface area contributed by atoms with Crippen LogP contribution in [0.2, 0.25) is 0 Å². The highest BCUT2D eigenvalue weighted by Crippen LogP contribution is 2.32. The van der Waals surface area contributed by atoms with E-state index in [1.807, 2.05) is 0 Å². The molecule has 0 spiro atoms. The fourth-order valence-electron chi connectivity index (χ4n) is 2.34. The van der Waals surface area contributed by atoms with Gasteiger partial charge >= 0.3 is 5.51 Å². The molecule has 2 N–H and O–H groups in total. The van der Waals surface area contributed by atoms with E-state index in [-0.39, 0.29) is 22.8 Å². The molecule has 10 heteroatoms. The van der Waals surface area contributed by atoms with Crippen LogP contribution in [0.1, 0.15) is 16.1 Å². The van der Waals surface area contributed by atoms with Crippen molar-refractivity contribution in [2.45, 2.75) is 17.0 Å². The summed E-state index contributed by atoms with van der Waals surface area (Å²) in [5, 5.41) is 3.73. The Morgan fingerprint density at radius 1 is 1.18 bits per heavy atom. The van der Waals surface area contributed by atoms with Crippen LogP contribution in [0.15, 0.2) is 64.0 Å². The normalized spacial score (nSPS) is 12.6. The van der Waals surface area contributed by atoms with Crippen molar-refractivity contribution in [3.05, 3.63) is 65.9 Å². The molecule has 0 saturated heterocycles. The summed E-state index contributed by atoms with van der Waals surface area (Å²) < 4.78 is 60.2. The van der Waals surface area contributed by atoms with Gasteiger partial charge in [0.15, 0.2) is 4.90 Å². The number of benzene rings is 2. The maximum Gasteiger partial charge on any atom is 0.578 e. The SMILES string of the molecule is NC(=O)c1cc(-c2ccc(OCc3ccccc3[S+]([O-])C(F)(F)F)cc2)no1. The summed E-state index contributed by atoms with van der Waals surface area (Å²) in [5.41, 5.74) is 1.44. The maximum absolute atomic E-state index is 12.8. The number of primary amides is 1. The Hall–Kier alpha value is -2.98. The van der Waals surface area contributed by atoms with E-state index in [1.165, 1.54) is 18.2 Å². The number of aromatic nitrogens is 1. The largest absolute Gasteiger partial charge is 0.604 e. The number of alkyl halides is 3. The van der Waals surface area contributed by atoms with Crippen LogP contribution in [0.3, 0.4) is 0 Å². The van der Waals surface area contributed by atoms with E-state index in [1.54, 1.807) is 30.3 Å².